The van der Waals surface area contributed by atoms with E-state index in [1.807, 2.05) is 0 Å². The molecular formula is C15H10BrCl2F3. The van der Waals surface area contributed by atoms with E-state index in [-0.39, 0.29) is 4.83 Å². The van der Waals surface area contributed by atoms with Gasteiger partial charge in [-0.1, -0.05) is 63.4 Å². The molecule has 0 fully saturated rings. The molecule has 0 aromatic heterocycles. The zero-order valence-corrected chi connectivity index (χ0v) is 13.7. The van der Waals surface area contributed by atoms with Crippen LogP contribution in [0.1, 0.15) is 21.5 Å². The van der Waals surface area contributed by atoms with E-state index in [0.717, 1.165) is 17.7 Å². The van der Waals surface area contributed by atoms with Gasteiger partial charge in [0.05, 0.1) is 15.6 Å². The molecule has 0 radical (unpaired) electrons. The highest BCUT2D eigenvalue weighted by Gasteiger charge is 2.30. The molecule has 0 heterocycles. The average molecular weight is 398 g/mol. The van der Waals surface area contributed by atoms with Crippen LogP contribution in [-0.4, -0.2) is 0 Å². The maximum Gasteiger partial charge on any atom is 0.416 e. The van der Waals surface area contributed by atoms with E-state index in [0.29, 0.717) is 22.0 Å². The van der Waals surface area contributed by atoms with Crippen LogP contribution in [-0.2, 0) is 12.6 Å². The normalized spacial score (nSPS) is 13.2. The zero-order chi connectivity index (χ0) is 15.6. The first-order chi connectivity index (χ1) is 9.77. The maximum atomic E-state index is 12.7. The van der Waals surface area contributed by atoms with Crippen molar-refractivity contribution in [3.63, 3.8) is 0 Å². The van der Waals surface area contributed by atoms with E-state index in [1.165, 1.54) is 6.07 Å². The van der Waals surface area contributed by atoms with Gasteiger partial charge in [-0.25, -0.2) is 0 Å². The summed E-state index contributed by atoms with van der Waals surface area (Å²) in [6.07, 6.45) is -3.83. The van der Waals surface area contributed by atoms with E-state index in [9.17, 15) is 13.2 Å². The van der Waals surface area contributed by atoms with Crippen molar-refractivity contribution in [2.75, 3.05) is 0 Å². The van der Waals surface area contributed by atoms with Crippen LogP contribution in [0.3, 0.4) is 0 Å². The third-order valence-electron chi connectivity index (χ3n) is 2.97. The van der Waals surface area contributed by atoms with Gasteiger partial charge in [0.25, 0.3) is 0 Å². The molecule has 112 valence electrons. The molecule has 6 heteroatoms. The molecule has 21 heavy (non-hydrogen) atoms. The van der Waals surface area contributed by atoms with Crippen LogP contribution in [0.4, 0.5) is 13.2 Å². The lowest BCUT2D eigenvalue weighted by molar-refractivity contribution is -0.137. The average Bonchev–Trinajstić information content (AvgIpc) is 2.42. The summed E-state index contributed by atoms with van der Waals surface area (Å²) in [7, 11) is 0. The molecule has 0 nitrogen and oxygen atoms in total. The minimum absolute atomic E-state index is 0.239. The summed E-state index contributed by atoms with van der Waals surface area (Å²) in [4.78, 5) is -0.239. The number of rotatable bonds is 3. The molecular weight excluding hydrogens is 388 g/mol. The molecule has 0 aliphatic carbocycles. The minimum atomic E-state index is -4.34. The number of hydrogen-bond donors (Lipinski definition) is 0. The molecule has 1 unspecified atom stereocenters. The van der Waals surface area contributed by atoms with Gasteiger partial charge in [0.15, 0.2) is 0 Å². The van der Waals surface area contributed by atoms with Crippen molar-refractivity contribution in [3.05, 3.63) is 69.2 Å². The maximum absolute atomic E-state index is 12.7. The van der Waals surface area contributed by atoms with Gasteiger partial charge in [-0.2, -0.15) is 13.2 Å². The predicted molar refractivity (Wildman–Crippen MR) is 83.3 cm³/mol. The minimum Gasteiger partial charge on any atom is -0.166 e. The fourth-order valence-electron chi connectivity index (χ4n) is 1.90. The van der Waals surface area contributed by atoms with Gasteiger partial charge in [0.2, 0.25) is 0 Å². The molecule has 0 aliphatic heterocycles. The van der Waals surface area contributed by atoms with Crippen LogP contribution in [0.5, 0.6) is 0 Å². The third kappa shape index (κ3) is 4.38. The van der Waals surface area contributed by atoms with Crippen molar-refractivity contribution in [3.8, 4) is 0 Å². The summed E-state index contributed by atoms with van der Waals surface area (Å²) in [5, 5.41) is 0.878. The molecule has 0 saturated carbocycles. The first-order valence-corrected chi connectivity index (χ1v) is 7.69. The van der Waals surface area contributed by atoms with Gasteiger partial charge in [-0.05, 0) is 35.7 Å². The van der Waals surface area contributed by atoms with Crippen molar-refractivity contribution in [2.45, 2.75) is 17.4 Å². The summed E-state index contributed by atoms with van der Waals surface area (Å²) in [6, 6.07) is 10.5. The fraction of sp³-hybridized carbons (Fsp3) is 0.200. The zero-order valence-electron chi connectivity index (χ0n) is 10.6. The lowest BCUT2D eigenvalue weighted by Gasteiger charge is -2.13. The SMILES string of the molecule is FC(F)(F)c1cccc(C(Br)Cc2ccc(Cl)c(Cl)c2)c1. The highest BCUT2D eigenvalue weighted by Crippen LogP contribution is 2.34. The van der Waals surface area contributed by atoms with Crippen molar-refractivity contribution >= 4 is 39.1 Å². The summed E-state index contributed by atoms with van der Waals surface area (Å²) in [5.41, 5.74) is 0.804. The Morgan fingerprint density at radius 1 is 1.00 bits per heavy atom. The Morgan fingerprint density at radius 3 is 2.33 bits per heavy atom. The standard InChI is InChI=1S/C15H10BrCl2F3/c16-12(6-9-4-5-13(17)14(18)7-9)10-2-1-3-11(8-10)15(19,20)21/h1-5,7-8,12H,6H2. The van der Waals surface area contributed by atoms with Crippen LogP contribution in [0, 0.1) is 0 Å². The van der Waals surface area contributed by atoms with Crippen molar-refractivity contribution in [1.29, 1.82) is 0 Å². The smallest absolute Gasteiger partial charge is 0.166 e. The fourth-order valence-corrected chi connectivity index (χ4v) is 2.88. The van der Waals surface area contributed by atoms with E-state index >= 15 is 0 Å². The number of alkyl halides is 4. The largest absolute Gasteiger partial charge is 0.416 e. The Morgan fingerprint density at radius 2 is 1.71 bits per heavy atom. The molecule has 2 aromatic carbocycles. The lowest BCUT2D eigenvalue weighted by Crippen LogP contribution is -2.06. The molecule has 1 atom stereocenters. The van der Waals surface area contributed by atoms with Crippen LogP contribution in [0.25, 0.3) is 0 Å². The van der Waals surface area contributed by atoms with Gasteiger partial charge >= 0.3 is 6.18 Å². The lowest BCUT2D eigenvalue weighted by atomic mass is 10.0. The highest BCUT2D eigenvalue weighted by atomic mass is 79.9. The third-order valence-corrected chi connectivity index (χ3v) is 4.57. The number of hydrogen-bond acceptors (Lipinski definition) is 0. The summed E-state index contributed by atoms with van der Waals surface area (Å²) in [6.45, 7) is 0. The Labute approximate surface area is 139 Å². The molecule has 0 bridgehead atoms. The van der Waals surface area contributed by atoms with Crippen LogP contribution >= 0.6 is 39.1 Å². The van der Waals surface area contributed by atoms with Crippen LogP contribution in [0.15, 0.2) is 42.5 Å². The van der Waals surface area contributed by atoms with E-state index in [4.69, 9.17) is 23.2 Å². The van der Waals surface area contributed by atoms with Crippen molar-refractivity contribution < 1.29 is 13.2 Å². The van der Waals surface area contributed by atoms with Crippen molar-refractivity contribution in [1.82, 2.24) is 0 Å². The van der Waals surface area contributed by atoms with Crippen LogP contribution in [0.2, 0.25) is 10.0 Å². The summed E-state index contributed by atoms with van der Waals surface area (Å²) in [5.74, 6) is 0. The second-order valence-corrected chi connectivity index (χ2v) is 6.46. The highest BCUT2D eigenvalue weighted by molar-refractivity contribution is 9.09. The summed E-state index contributed by atoms with van der Waals surface area (Å²) >= 11 is 15.2. The van der Waals surface area contributed by atoms with Crippen molar-refractivity contribution in [2.24, 2.45) is 0 Å². The van der Waals surface area contributed by atoms with Gasteiger partial charge in [0.1, 0.15) is 0 Å². The van der Waals surface area contributed by atoms with Gasteiger partial charge in [-0.15, -0.1) is 0 Å². The first kappa shape index (κ1) is 16.7. The Balaban J connectivity index is 2.20. The second kappa shape index (κ2) is 6.59. The quantitative estimate of drug-likeness (QED) is 0.506. The molecule has 2 aromatic rings. The molecule has 0 amide bonds. The molecule has 0 spiro atoms. The van der Waals surface area contributed by atoms with E-state index in [2.05, 4.69) is 15.9 Å². The molecule has 0 N–H and O–H groups in total. The number of halogens is 6. The Bertz CT molecular complexity index is 641. The second-order valence-electron chi connectivity index (χ2n) is 4.54. The van der Waals surface area contributed by atoms with Crippen LogP contribution < -0.4 is 0 Å². The monoisotopic (exact) mass is 396 g/mol. The van der Waals surface area contributed by atoms with Gasteiger partial charge < -0.3 is 0 Å². The first-order valence-electron chi connectivity index (χ1n) is 6.02. The van der Waals surface area contributed by atoms with Gasteiger partial charge in [-0.3, -0.25) is 0 Å². The van der Waals surface area contributed by atoms with Gasteiger partial charge in [0, 0.05) is 4.83 Å². The molecule has 0 aliphatic rings. The van der Waals surface area contributed by atoms with E-state index in [1.54, 1.807) is 24.3 Å². The predicted octanol–water partition coefficient (Wildman–Crippen LogP) is 6.69. The topological polar surface area (TPSA) is 0 Å². The number of benzene rings is 2. The molecule has 2 rings (SSSR count). The Hall–Kier alpha value is -0.710. The van der Waals surface area contributed by atoms with E-state index < -0.39 is 11.7 Å². The Kier molecular flexibility index (Phi) is 5.23. The molecule has 0 saturated heterocycles. The summed E-state index contributed by atoms with van der Waals surface area (Å²) < 4.78 is 38.1.